The summed E-state index contributed by atoms with van der Waals surface area (Å²) in [5, 5.41) is 11.1. The Hall–Kier alpha value is -2.61. The fraction of sp³-hybridized carbons (Fsp3) is 0.550. The molecule has 2 heterocycles. The minimum absolute atomic E-state index is 0.0477. The zero-order valence-corrected chi connectivity index (χ0v) is 16.4. The van der Waals surface area contributed by atoms with Crippen LogP contribution in [0.4, 0.5) is 0 Å². The number of methoxy groups -OCH3 is 1. The average molecular weight is 385 g/mol. The fourth-order valence-corrected chi connectivity index (χ4v) is 3.42. The molecule has 2 aliphatic rings. The van der Waals surface area contributed by atoms with Gasteiger partial charge in [0.2, 0.25) is 0 Å². The molecule has 0 atom stereocenters. The minimum atomic E-state index is -0.0477. The molecule has 150 valence electrons. The monoisotopic (exact) mass is 385 g/mol. The highest BCUT2D eigenvalue weighted by atomic mass is 16.5. The molecule has 1 N–H and O–H groups in total. The van der Waals surface area contributed by atoms with Crippen LogP contribution in [0.5, 0.6) is 11.5 Å². The highest BCUT2D eigenvalue weighted by Gasteiger charge is 2.26. The second kappa shape index (κ2) is 8.18. The van der Waals surface area contributed by atoms with Gasteiger partial charge in [-0.15, -0.1) is 10.2 Å². The van der Waals surface area contributed by atoms with E-state index < -0.39 is 0 Å². The second-order valence-electron chi connectivity index (χ2n) is 7.56. The van der Waals surface area contributed by atoms with Gasteiger partial charge in [0.05, 0.1) is 13.7 Å². The van der Waals surface area contributed by atoms with Gasteiger partial charge in [-0.1, -0.05) is 0 Å². The summed E-state index contributed by atoms with van der Waals surface area (Å²) in [6, 6.07) is 5.72. The maximum atomic E-state index is 12.3. The first kappa shape index (κ1) is 18.7. The molecular weight excluding hydrogens is 358 g/mol. The molecule has 0 bridgehead atoms. The third-order valence-corrected chi connectivity index (χ3v) is 5.34. The molecule has 0 radical (unpaired) electrons. The standard InChI is InChI=1S/C20H27N5O3/c1-24-13-21-23-19(24)12-25-9-7-16(8-10-25)28-18-11-14(3-6-17(18)27-2)20(26)22-15-4-5-15/h3,6,11,13,15-16H,4-5,7-10,12H2,1-2H3,(H,22,26). The first-order chi connectivity index (χ1) is 13.6. The third-order valence-electron chi connectivity index (χ3n) is 5.34. The van der Waals surface area contributed by atoms with Crippen molar-refractivity contribution in [2.75, 3.05) is 20.2 Å². The second-order valence-corrected chi connectivity index (χ2v) is 7.56. The number of carbonyl (C=O) groups is 1. The molecule has 2 fully saturated rings. The molecule has 2 aromatic rings. The van der Waals surface area contributed by atoms with E-state index in [-0.39, 0.29) is 12.0 Å². The van der Waals surface area contributed by atoms with Crippen LogP contribution in [0, 0.1) is 0 Å². The summed E-state index contributed by atoms with van der Waals surface area (Å²) in [7, 11) is 3.58. The predicted octanol–water partition coefficient (Wildman–Crippen LogP) is 1.76. The van der Waals surface area contributed by atoms with Gasteiger partial charge < -0.3 is 19.4 Å². The van der Waals surface area contributed by atoms with Crippen molar-refractivity contribution in [1.82, 2.24) is 25.0 Å². The summed E-state index contributed by atoms with van der Waals surface area (Å²) < 4.78 is 13.6. The van der Waals surface area contributed by atoms with Crippen molar-refractivity contribution in [2.24, 2.45) is 7.05 Å². The topological polar surface area (TPSA) is 81.5 Å². The highest BCUT2D eigenvalue weighted by molar-refractivity contribution is 5.95. The predicted molar refractivity (Wildman–Crippen MR) is 103 cm³/mol. The van der Waals surface area contributed by atoms with Crippen LogP contribution in [0.3, 0.4) is 0 Å². The van der Waals surface area contributed by atoms with E-state index in [1.165, 1.54) is 0 Å². The number of benzene rings is 1. The zero-order valence-electron chi connectivity index (χ0n) is 16.4. The lowest BCUT2D eigenvalue weighted by atomic mass is 10.1. The Labute approximate surface area is 164 Å². The van der Waals surface area contributed by atoms with Gasteiger partial charge in [-0.3, -0.25) is 9.69 Å². The Kier molecular flexibility index (Phi) is 5.47. The van der Waals surface area contributed by atoms with Crippen LogP contribution < -0.4 is 14.8 Å². The molecule has 1 aromatic carbocycles. The Morgan fingerprint density at radius 2 is 2.00 bits per heavy atom. The maximum Gasteiger partial charge on any atom is 0.251 e. The fourth-order valence-electron chi connectivity index (χ4n) is 3.42. The first-order valence-electron chi connectivity index (χ1n) is 9.83. The molecule has 1 aromatic heterocycles. The van der Waals surface area contributed by atoms with Crippen molar-refractivity contribution < 1.29 is 14.3 Å². The summed E-state index contributed by atoms with van der Waals surface area (Å²) >= 11 is 0. The number of ether oxygens (including phenoxy) is 2. The molecular formula is C20H27N5O3. The van der Waals surface area contributed by atoms with Crippen LogP contribution in [-0.2, 0) is 13.6 Å². The number of hydrogen-bond acceptors (Lipinski definition) is 6. The largest absolute Gasteiger partial charge is 0.493 e. The molecule has 8 nitrogen and oxygen atoms in total. The van der Waals surface area contributed by atoms with Gasteiger partial charge in [0, 0.05) is 31.7 Å². The summed E-state index contributed by atoms with van der Waals surface area (Å²) in [5.74, 6) is 2.21. The molecule has 28 heavy (non-hydrogen) atoms. The Morgan fingerprint density at radius 1 is 1.21 bits per heavy atom. The van der Waals surface area contributed by atoms with Gasteiger partial charge >= 0.3 is 0 Å². The molecule has 1 aliphatic carbocycles. The molecule has 8 heteroatoms. The summed E-state index contributed by atoms with van der Waals surface area (Å²) in [6.07, 6.45) is 5.80. The van der Waals surface area contributed by atoms with Crippen LogP contribution in [0.1, 0.15) is 41.9 Å². The number of likely N-dealkylation sites (tertiary alicyclic amines) is 1. The lowest BCUT2D eigenvalue weighted by molar-refractivity contribution is 0.0910. The van der Waals surface area contributed by atoms with E-state index in [4.69, 9.17) is 9.47 Å². The van der Waals surface area contributed by atoms with Crippen molar-refractivity contribution in [1.29, 1.82) is 0 Å². The van der Waals surface area contributed by atoms with E-state index in [2.05, 4.69) is 20.4 Å². The number of aryl methyl sites for hydroxylation is 1. The summed E-state index contributed by atoms with van der Waals surface area (Å²) in [4.78, 5) is 14.7. The number of carbonyl (C=O) groups excluding carboxylic acids is 1. The number of aromatic nitrogens is 3. The van der Waals surface area contributed by atoms with Crippen LogP contribution in [0.15, 0.2) is 24.5 Å². The van der Waals surface area contributed by atoms with Crippen LogP contribution in [-0.4, -0.2) is 57.9 Å². The minimum Gasteiger partial charge on any atom is -0.493 e. The Morgan fingerprint density at radius 3 is 2.64 bits per heavy atom. The van der Waals surface area contributed by atoms with Gasteiger partial charge in [-0.25, -0.2) is 0 Å². The number of rotatable bonds is 7. The number of nitrogens with zero attached hydrogens (tertiary/aromatic N) is 4. The van der Waals surface area contributed by atoms with Crippen LogP contribution in [0.25, 0.3) is 0 Å². The van der Waals surface area contributed by atoms with Crippen molar-refractivity contribution >= 4 is 5.91 Å². The van der Waals surface area contributed by atoms with Crippen molar-refractivity contribution in [3.8, 4) is 11.5 Å². The van der Waals surface area contributed by atoms with E-state index in [1.54, 1.807) is 31.6 Å². The maximum absolute atomic E-state index is 12.3. The van der Waals surface area contributed by atoms with Gasteiger partial charge in [0.1, 0.15) is 18.3 Å². The average Bonchev–Trinajstić information content (AvgIpc) is 3.43. The zero-order chi connectivity index (χ0) is 19.5. The van der Waals surface area contributed by atoms with Gasteiger partial charge in [-0.2, -0.15) is 0 Å². The quantitative estimate of drug-likeness (QED) is 0.782. The van der Waals surface area contributed by atoms with E-state index in [9.17, 15) is 4.79 Å². The third kappa shape index (κ3) is 4.44. The smallest absolute Gasteiger partial charge is 0.251 e. The molecule has 0 unspecified atom stereocenters. The van der Waals surface area contributed by atoms with E-state index in [0.29, 0.717) is 23.1 Å². The van der Waals surface area contributed by atoms with Crippen molar-refractivity contribution in [3.63, 3.8) is 0 Å². The molecule has 0 spiro atoms. The molecule has 1 saturated heterocycles. The highest BCUT2D eigenvalue weighted by Crippen LogP contribution is 2.31. The number of nitrogens with one attached hydrogen (secondary N) is 1. The van der Waals surface area contributed by atoms with E-state index in [1.807, 2.05) is 11.6 Å². The van der Waals surface area contributed by atoms with Crippen molar-refractivity contribution in [3.05, 3.63) is 35.9 Å². The molecule has 1 saturated carbocycles. The number of hydrogen-bond donors (Lipinski definition) is 1. The summed E-state index contributed by atoms with van der Waals surface area (Å²) in [5.41, 5.74) is 0.613. The van der Waals surface area contributed by atoms with E-state index >= 15 is 0 Å². The van der Waals surface area contributed by atoms with Gasteiger partial charge in [0.25, 0.3) is 5.91 Å². The molecule has 1 amide bonds. The van der Waals surface area contributed by atoms with Gasteiger partial charge in [0.15, 0.2) is 11.5 Å². The number of piperidine rings is 1. The lowest BCUT2D eigenvalue weighted by Gasteiger charge is -2.32. The van der Waals surface area contributed by atoms with E-state index in [0.717, 1.165) is 51.1 Å². The summed E-state index contributed by atoms with van der Waals surface area (Å²) in [6.45, 7) is 2.66. The Bertz CT molecular complexity index is 825. The van der Waals surface area contributed by atoms with Crippen LogP contribution in [0.2, 0.25) is 0 Å². The van der Waals surface area contributed by atoms with Gasteiger partial charge in [-0.05, 0) is 43.9 Å². The molecule has 1 aliphatic heterocycles. The van der Waals surface area contributed by atoms with Crippen LogP contribution >= 0.6 is 0 Å². The van der Waals surface area contributed by atoms with Crippen molar-refractivity contribution in [2.45, 2.75) is 44.4 Å². The lowest BCUT2D eigenvalue weighted by Crippen LogP contribution is -2.38. The first-order valence-corrected chi connectivity index (χ1v) is 9.83. The number of amides is 1. The Balaban J connectivity index is 1.35. The normalized spacial score (nSPS) is 18.1. The SMILES string of the molecule is COc1ccc(C(=O)NC2CC2)cc1OC1CCN(Cc2nncn2C)CC1. The molecule has 4 rings (SSSR count).